The molecule has 0 bridgehead atoms. The summed E-state index contributed by atoms with van der Waals surface area (Å²) < 4.78 is 4.57. The average Bonchev–Trinajstić information content (AvgIpc) is 3.25. The molecule has 140 valence electrons. The van der Waals surface area contributed by atoms with Crippen LogP contribution in [0, 0.1) is 6.20 Å². The van der Waals surface area contributed by atoms with Gasteiger partial charge >= 0.3 is 18.9 Å². The van der Waals surface area contributed by atoms with E-state index in [1.807, 2.05) is 6.07 Å². The first-order chi connectivity index (χ1) is 12.5. The zero-order chi connectivity index (χ0) is 18.5. The van der Waals surface area contributed by atoms with Crippen molar-refractivity contribution in [2.75, 3.05) is 0 Å². The largest absolute Gasteiger partial charge is 1.00 e. The third kappa shape index (κ3) is 6.44. The molecule has 28 heavy (non-hydrogen) atoms. The normalized spacial score (nSPS) is 9.57. The van der Waals surface area contributed by atoms with Crippen LogP contribution in [0.15, 0.2) is 64.2 Å². The van der Waals surface area contributed by atoms with E-state index < -0.39 is 0 Å². The summed E-state index contributed by atoms with van der Waals surface area (Å²) in [5.74, 6) is 1.21. The Morgan fingerprint density at radius 3 is 1.93 bits per heavy atom. The van der Waals surface area contributed by atoms with Crippen molar-refractivity contribution in [3.8, 4) is 11.6 Å². The van der Waals surface area contributed by atoms with E-state index in [-0.39, 0.29) is 26.3 Å². The van der Waals surface area contributed by atoms with Gasteiger partial charge in [-0.05, 0) is 40.2 Å². The molecule has 4 rings (SSSR count). The summed E-state index contributed by atoms with van der Waals surface area (Å²) in [6.07, 6.45) is 8.00. The van der Waals surface area contributed by atoms with Crippen LogP contribution in [0.3, 0.4) is 0 Å². The van der Waals surface area contributed by atoms with Gasteiger partial charge < -0.3 is 4.68 Å². The molecule has 0 N–H and O–H groups in total. The van der Waals surface area contributed by atoms with Crippen molar-refractivity contribution >= 4 is 55.1 Å². The van der Waals surface area contributed by atoms with Crippen LogP contribution in [-0.2, 0) is 0 Å². The van der Waals surface area contributed by atoms with Gasteiger partial charge in [-0.15, -0.1) is 22.0 Å². The number of hydrogen-bond acceptors (Lipinski definition) is 4. The first-order valence-corrected chi connectivity index (χ1v) is 9.45. The molecule has 6 nitrogen and oxygen atoms in total. The first kappa shape index (κ1) is 24.9. The van der Waals surface area contributed by atoms with Crippen molar-refractivity contribution in [3.05, 3.63) is 80.4 Å². The second kappa shape index (κ2) is 11.8. The third-order valence-corrected chi connectivity index (χ3v) is 4.35. The molecule has 0 atom stereocenters. The van der Waals surface area contributed by atoms with E-state index in [1.54, 1.807) is 53.6 Å². The average molecular weight is 539 g/mol. The number of nitrogens with zero attached hydrogens (tertiary/aromatic N) is 6. The van der Waals surface area contributed by atoms with Gasteiger partial charge in [0.25, 0.3) is 0 Å². The van der Waals surface area contributed by atoms with E-state index >= 15 is 0 Å². The van der Waals surface area contributed by atoms with Crippen molar-refractivity contribution in [3.63, 3.8) is 0 Å². The fourth-order valence-corrected chi connectivity index (χ4v) is 2.83. The molecule has 4 aromatic rings. The minimum atomic E-state index is 0. The molecule has 0 aliphatic rings. The summed E-state index contributed by atoms with van der Waals surface area (Å²) in [6, 6.07) is 10.6. The SMILES string of the molecule is C.Clc1cccnc1-n1[c-]cc(Br)n1.Clc1cccnc1-n1ccc(Br)n1.[Li+]. The summed E-state index contributed by atoms with van der Waals surface area (Å²) in [6.45, 7) is 0. The smallest absolute Gasteiger partial charge is 0.341 e. The molecule has 11 heteroatoms. The van der Waals surface area contributed by atoms with Crippen LogP contribution in [0.2, 0.25) is 10.0 Å². The van der Waals surface area contributed by atoms with E-state index in [4.69, 9.17) is 23.2 Å². The third-order valence-electron chi connectivity index (χ3n) is 2.95. The Kier molecular flexibility index (Phi) is 10.5. The molecule has 0 aromatic carbocycles. The molecular weight excluding hydrogens is 526 g/mol. The fraction of sp³-hybridized carbons (Fsp3) is 0.0588. The van der Waals surface area contributed by atoms with E-state index in [0.717, 1.165) is 4.60 Å². The summed E-state index contributed by atoms with van der Waals surface area (Å²) in [5.41, 5.74) is 0. The minimum absolute atomic E-state index is 0. The zero-order valence-corrected chi connectivity index (χ0v) is 18.6. The van der Waals surface area contributed by atoms with E-state index in [0.29, 0.717) is 26.3 Å². The molecule has 0 radical (unpaired) electrons. The number of rotatable bonds is 2. The van der Waals surface area contributed by atoms with Crippen LogP contribution in [0.25, 0.3) is 11.6 Å². The molecule has 0 aliphatic carbocycles. The van der Waals surface area contributed by atoms with Gasteiger partial charge in [0, 0.05) is 28.2 Å². The summed E-state index contributed by atoms with van der Waals surface area (Å²) in [7, 11) is 0. The van der Waals surface area contributed by atoms with Crippen molar-refractivity contribution in [2.45, 2.75) is 7.43 Å². The van der Waals surface area contributed by atoms with Crippen LogP contribution in [0.4, 0.5) is 0 Å². The molecule has 0 saturated heterocycles. The van der Waals surface area contributed by atoms with Gasteiger partial charge in [0.2, 0.25) is 0 Å². The molecule has 0 spiro atoms. The van der Waals surface area contributed by atoms with Crippen molar-refractivity contribution in [1.29, 1.82) is 0 Å². The van der Waals surface area contributed by atoms with Crippen molar-refractivity contribution in [2.24, 2.45) is 0 Å². The van der Waals surface area contributed by atoms with Gasteiger partial charge in [-0.1, -0.05) is 42.9 Å². The molecule has 0 aliphatic heterocycles. The van der Waals surface area contributed by atoms with Gasteiger partial charge in [0.1, 0.15) is 4.60 Å². The predicted molar refractivity (Wildman–Crippen MR) is 114 cm³/mol. The maximum atomic E-state index is 5.93. The summed E-state index contributed by atoms with van der Waals surface area (Å²) in [5, 5.41) is 9.33. The molecule has 0 unspecified atom stereocenters. The maximum Gasteiger partial charge on any atom is 1.00 e. The van der Waals surface area contributed by atoms with Crippen LogP contribution in [-0.4, -0.2) is 29.5 Å². The molecule has 4 heterocycles. The van der Waals surface area contributed by atoms with Crippen molar-refractivity contribution in [1.82, 2.24) is 29.5 Å². The van der Waals surface area contributed by atoms with Crippen LogP contribution < -0.4 is 18.9 Å². The molecule has 0 fully saturated rings. The van der Waals surface area contributed by atoms with Crippen LogP contribution in [0.5, 0.6) is 0 Å². The molecule has 0 saturated carbocycles. The van der Waals surface area contributed by atoms with Gasteiger partial charge in [-0.25, -0.2) is 14.8 Å². The Labute approximate surface area is 201 Å². The van der Waals surface area contributed by atoms with E-state index in [2.05, 4.69) is 58.2 Å². The topological polar surface area (TPSA) is 61.4 Å². The van der Waals surface area contributed by atoms with Crippen molar-refractivity contribution < 1.29 is 18.9 Å². The number of pyridine rings is 2. The van der Waals surface area contributed by atoms with Gasteiger partial charge in [-0.3, -0.25) is 4.98 Å². The monoisotopic (exact) mass is 536 g/mol. The Morgan fingerprint density at radius 2 is 1.46 bits per heavy atom. The Bertz CT molecular complexity index is 942. The Balaban J connectivity index is 0.000000261. The number of aromatic nitrogens is 6. The molecule has 4 aromatic heterocycles. The fourth-order valence-electron chi connectivity index (χ4n) is 1.87. The van der Waals surface area contributed by atoms with Gasteiger partial charge in [0.05, 0.1) is 10.8 Å². The maximum absolute atomic E-state index is 5.93. The Morgan fingerprint density at radius 1 is 0.857 bits per heavy atom. The Hall–Kier alpha value is -1.14. The number of hydrogen-bond donors (Lipinski definition) is 0. The molecular formula is C17H13Br2Cl2LiN6. The summed E-state index contributed by atoms with van der Waals surface area (Å²) in [4.78, 5) is 8.19. The predicted octanol–water partition coefficient (Wildman–Crippen LogP) is 2.81. The van der Waals surface area contributed by atoms with Gasteiger partial charge in [-0.2, -0.15) is 5.10 Å². The summed E-state index contributed by atoms with van der Waals surface area (Å²) >= 11 is 18.3. The van der Waals surface area contributed by atoms with Crippen LogP contribution in [0.1, 0.15) is 7.43 Å². The van der Waals surface area contributed by atoms with E-state index in [9.17, 15) is 0 Å². The quantitative estimate of drug-likeness (QED) is 0.291. The first-order valence-electron chi connectivity index (χ1n) is 7.11. The number of halogens is 4. The van der Waals surface area contributed by atoms with E-state index in [1.165, 1.54) is 4.68 Å². The van der Waals surface area contributed by atoms with Crippen LogP contribution >= 0.6 is 55.1 Å². The zero-order valence-electron chi connectivity index (χ0n) is 13.9. The minimum Gasteiger partial charge on any atom is -0.341 e. The molecule has 0 amide bonds. The van der Waals surface area contributed by atoms with Gasteiger partial charge in [0.15, 0.2) is 5.82 Å². The standard InChI is InChI=1S/C8H5BrClN3.C8H4BrClN3.CH4.Li/c2*9-7-3-5-13(12-7)8-6(10)2-1-4-11-8;;/h1-5H;1-4H;1H4;/q;-1;;+1. The second-order valence-electron chi connectivity index (χ2n) is 4.71. The second-order valence-corrected chi connectivity index (χ2v) is 7.15.